The Morgan fingerprint density at radius 1 is 1.41 bits per heavy atom. The van der Waals surface area contributed by atoms with Crippen LogP contribution in [-0.4, -0.2) is 21.3 Å². The van der Waals surface area contributed by atoms with E-state index in [1.54, 1.807) is 11.3 Å². The first-order valence-electron chi connectivity index (χ1n) is 9.51. The summed E-state index contributed by atoms with van der Waals surface area (Å²) in [5, 5.41) is 12.0. The van der Waals surface area contributed by atoms with E-state index >= 15 is 0 Å². The average Bonchev–Trinajstić information content (AvgIpc) is 3.08. The lowest BCUT2D eigenvalue weighted by Crippen LogP contribution is -2.23. The van der Waals surface area contributed by atoms with Crippen LogP contribution in [0.1, 0.15) is 34.9 Å². The van der Waals surface area contributed by atoms with E-state index in [1.807, 2.05) is 0 Å². The lowest BCUT2D eigenvalue weighted by molar-refractivity contribution is -0.385. The SMILES string of the molecule is CC1CCc2c(sc3ncn(Cc4cc([N+](=O)[O-])cc5c4OCOC5)c(=O)c23)C1. The number of ether oxygens (including phenoxy) is 2. The number of fused-ring (bicyclic) bond motifs is 4. The predicted octanol–water partition coefficient (Wildman–Crippen LogP) is 3.41. The number of rotatable bonds is 3. The van der Waals surface area contributed by atoms with Crippen molar-refractivity contribution in [2.24, 2.45) is 5.92 Å². The first kappa shape index (κ1) is 18.3. The number of hydrogen-bond donors (Lipinski definition) is 0. The summed E-state index contributed by atoms with van der Waals surface area (Å²) in [6.45, 7) is 2.72. The molecule has 9 heteroatoms. The molecule has 1 aliphatic carbocycles. The number of nitro benzene ring substituents is 1. The molecule has 0 N–H and O–H groups in total. The molecule has 150 valence electrons. The van der Waals surface area contributed by atoms with Crippen molar-refractivity contribution in [2.75, 3.05) is 6.79 Å². The summed E-state index contributed by atoms with van der Waals surface area (Å²) in [7, 11) is 0. The molecule has 2 aromatic heterocycles. The third kappa shape index (κ3) is 3.10. The zero-order valence-electron chi connectivity index (χ0n) is 15.8. The van der Waals surface area contributed by atoms with Crippen molar-refractivity contribution in [1.29, 1.82) is 0 Å². The van der Waals surface area contributed by atoms with Crippen molar-refractivity contribution in [1.82, 2.24) is 9.55 Å². The van der Waals surface area contributed by atoms with Crippen LogP contribution < -0.4 is 10.3 Å². The Kier molecular flexibility index (Phi) is 4.36. The maximum absolute atomic E-state index is 13.3. The van der Waals surface area contributed by atoms with Crippen LogP contribution in [0.2, 0.25) is 0 Å². The molecule has 29 heavy (non-hydrogen) atoms. The standard InChI is InChI=1S/C20H19N3O5S/c1-11-2-3-15-16(4-11)29-19-17(15)20(24)22(9-21-19)7-12-5-14(23(25)26)6-13-8-27-10-28-18(12)13/h5-6,9,11H,2-4,7-8,10H2,1H3. The molecule has 0 spiro atoms. The Hall–Kier alpha value is -2.78. The van der Waals surface area contributed by atoms with Gasteiger partial charge < -0.3 is 9.47 Å². The molecule has 0 radical (unpaired) electrons. The van der Waals surface area contributed by atoms with Gasteiger partial charge >= 0.3 is 0 Å². The van der Waals surface area contributed by atoms with Crippen LogP contribution in [0.4, 0.5) is 5.69 Å². The highest BCUT2D eigenvalue weighted by atomic mass is 32.1. The molecule has 0 amide bonds. The van der Waals surface area contributed by atoms with Gasteiger partial charge in [-0.3, -0.25) is 19.5 Å². The van der Waals surface area contributed by atoms with Gasteiger partial charge in [-0.05, 0) is 30.7 Å². The third-order valence-electron chi connectivity index (χ3n) is 5.61. The Labute approximate surface area is 169 Å². The minimum Gasteiger partial charge on any atom is -0.467 e. The summed E-state index contributed by atoms with van der Waals surface area (Å²) in [6, 6.07) is 2.92. The number of benzene rings is 1. The van der Waals surface area contributed by atoms with E-state index < -0.39 is 4.92 Å². The summed E-state index contributed by atoms with van der Waals surface area (Å²) in [5.74, 6) is 1.17. The van der Waals surface area contributed by atoms with Gasteiger partial charge in [0.15, 0.2) is 6.79 Å². The lowest BCUT2D eigenvalue weighted by Gasteiger charge is -2.21. The normalized spacial score (nSPS) is 18.2. The molecule has 1 aliphatic heterocycles. The van der Waals surface area contributed by atoms with Crippen molar-refractivity contribution in [3.05, 3.63) is 60.5 Å². The van der Waals surface area contributed by atoms with Crippen LogP contribution in [0, 0.1) is 16.0 Å². The molecule has 1 unspecified atom stereocenters. The van der Waals surface area contributed by atoms with E-state index in [9.17, 15) is 14.9 Å². The Balaban J connectivity index is 1.61. The highest BCUT2D eigenvalue weighted by molar-refractivity contribution is 7.18. The molecule has 3 heterocycles. The first-order valence-corrected chi connectivity index (χ1v) is 10.3. The summed E-state index contributed by atoms with van der Waals surface area (Å²) in [4.78, 5) is 30.7. The van der Waals surface area contributed by atoms with Gasteiger partial charge in [-0.15, -0.1) is 11.3 Å². The van der Waals surface area contributed by atoms with Gasteiger partial charge in [0.05, 0.1) is 29.8 Å². The molecule has 2 aliphatic rings. The van der Waals surface area contributed by atoms with Crippen molar-refractivity contribution in [2.45, 2.75) is 39.3 Å². The van der Waals surface area contributed by atoms with Crippen LogP contribution in [-0.2, 0) is 30.7 Å². The minimum absolute atomic E-state index is 0.0446. The predicted molar refractivity (Wildman–Crippen MR) is 108 cm³/mol. The number of nitro groups is 1. The molecule has 8 nitrogen and oxygen atoms in total. The maximum Gasteiger partial charge on any atom is 0.270 e. The third-order valence-corrected chi connectivity index (χ3v) is 6.77. The Bertz CT molecular complexity index is 1200. The van der Waals surface area contributed by atoms with Gasteiger partial charge in [0.25, 0.3) is 11.2 Å². The molecular formula is C20H19N3O5S. The topological polar surface area (TPSA) is 96.5 Å². The molecule has 1 aromatic carbocycles. The van der Waals surface area contributed by atoms with Gasteiger partial charge in [0.1, 0.15) is 10.6 Å². The number of aryl methyl sites for hydroxylation is 1. The Morgan fingerprint density at radius 3 is 3.10 bits per heavy atom. The first-order chi connectivity index (χ1) is 14.0. The molecular weight excluding hydrogens is 394 g/mol. The summed E-state index contributed by atoms with van der Waals surface area (Å²) in [6.07, 6.45) is 4.48. The van der Waals surface area contributed by atoms with Crippen molar-refractivity contribution >= 4 is 27.2 Å². The van der Waals surface area contributed by atoms with Crippen LogP contribution in [0.25, 0.3) is 10.2 Å². The second kappa shape index (κ2) is 6.93. The van der Waals surface area contributed by atoms with Crippen molar-refractivity contribution < 1.29 is 14.4 Å². The van der Waals surface area contributed by atoms with E-state index in [0.717, 1.165) is 29.7 Å². The smallest absolute Gasteiger partial charge is 0.270 e. The van der Waals surface area contributed by atoms with Gasteiger partial charge in [-0.25, -0.2) is 4.98 Å². The van der Waals surface area contributed by atoms with Crippen molar-refractivity contribution in [3.8, 4) is 5.75 Å². The fourth-order valence-corrected chi connectivity index (χ4v) is 5.51. The van der Waals surface area contributed by atoms with E-state index in [0.29, 0.717) is 28.2 Å². The summed E-state index contributed by atoms with van der Waals surface area (Å²) < 4.78 is 12.4. The zero-order valence-corrected chi connectivity index (χ0v) is 16.7. The van der Waals surface area contributed by atoms with E-state index in [2.05, 4.69) is 11.9 Å². The van der Waals surface area contributed by atoms with E-state index in [1.165, 1.54) is 27.9 Å². The summed E-state index contributed by atoms with van der Waals surface area (Å²) in [5.41, 5.74) is 2.18. The van der Waals surface area contributed by atoms with E-state index in [4.69, 9.17) is 9.47 Å². The van der Waals surface area contributed by atoms with Gasteiger partial charge in [0.2, 0.25) is 0 Å². The number of thiophene rings is 1. The molecule has 0 saturated heterocycles. The zero-order chi connectivity index (χ0) is 20.1. The molecule has 0 bridgehead atoms. The van der Waals surface area contributed by atoms with Crippen molar-refractivity contribution in [3.63, 3.8) is 0 Å². The number of hydrogen-bond acceptors (Lipinski definition) is 7. The second-order valence-corrected chi connectivity index (χ2v) is 8.75. The monoisotopic (exact) mass is 413 g/mol. The minimum atomic E-state index is -0.445. The van der Waals surface area contributed by atoms with E-state index in [-0.39, 0.29) is 31.2 Å². The molecule has 1 atom stereocenters. The molecule has 3 aromatic rings. The number of nitrogens with zero attached hydrogens (tertiary/aromatic N) is 3. The average molecular weight is 413 g/mol. The highest BCUT2D eigenvalue weighted by Crippen LogP contribution is 2.36. The van der Waals surface area contributed by atoms with Gasteiger partial charge in [0, 0.05) is 28.1 Å². The quantitative estimate of drug-likeness (QED) is 0.482. The summed E-state index contributed by atoms with van der Waals surface area (Å²) >= 11 is 1.61. The fourth-order valence-electron chi connectivity index (χ4n) is 4.17. The van der Waals surface area contributed by atoms with Gasteiger partial charge in [-0.1, -0.05) is 6.92 Å². The highest BCUT2D eigenvalue weighted by Gasteiger charge is 2.25. The largest absolute Gasteiger partial charge is 0.467 e. The van der Waals surface area contributed by atoms with Crippen LogP contribution in [0.15, 0.2) is 23.3 Å². The lowest BCUT2D eigenvalue weighted by atomic mass is 9.89. The maximum atomic E-state index is 13.3. The Morgan fingerprint density at radius 2 is 2.28 bits per heavy atom. The van der Waals surface area contributed by atoms with Crippen LogP contribution in [0.3, 0.4) is 0 Å². The van der Waals surface area contributed by atoms with Gasteiger partial charge in [-0.2, -0.15) is 0 Å². The molecule has 0 saturated carbocycles. The fraction of sp³-hybridized carbons (Fsp3) is 0.400. The molecule has 5 rings (SSSR count). The second-order valence-electron chi connectivity index (χ2n) is 7.67. The number of aromatic nitrogens is 2. The van der Waals surface area contributed by atoms with Crippen LogP contribution >= 0.6 is 11.3 Å². The molecule has 0 fully saturated rings. The van der Waals surface area contributed by atoms with Crippen LogP contribution in [0.5, 0.6) is 5.75 Å². The number of non-ortho nitro benzene ring substituents is 1.